The lowest BCUT2D eigenvalue weighted by Gasteiger charge is -2.21. The molecule has 0 N–H and O–H groups in total. The predicted molar refractivity (Wildman–Crippen MR) is 103 cm³/mol. The molecule has 25 heavy (non-hydrogen) atoms. The van der Waals surface area contributed by atoms with Crippen LogP contribution in [0, 0.1) is 5.41 Å². The molecular weight excluding hydrogens is 312 g/mol. The van der Waals surface area contributed by atoms with Gasteiger partial charge in [-0.05, 0) is 62.4 Å². The molecule has 1 unspecified atom stereocenters. The maximum Gasteiger partial charge on any atom is 0.216 e. The van der Waals surface area contributed by atoms with Crippen molar-refractivity contribution in [2.75, 3.05) is 26.3 Å². The zero-order valence-corrected chi connectivity index (χ0v) is 16.1. The van der Waals surface area contributed by atoms with Crippen LogP contribution >= 0.6 is 0 Å². The van der Waals surface area contributed by atoms with Crippen LogP contribution in [0.5, 0.6) is 5.75 Å². The highest BCUT2D eigenvalue weighted by Crippen LogP contribution is 2.27. The second kappa shape index (κ2) is 7.77. The first-order valence-corrected chi connectivity index (χ1v) is 9.61. The fourth-order valence-corrected chi connectivity index (χ4v) is 3.45. The highest BCUT2D eigenvalue weighted by atomic mass is 16.5. The molecule has 3 rings (SSSR count). The molecule has 2 aliphatic rings. The minimum Gasteiger partial charge on any atom is -0.494 e. The largest absolute Gasteiger partial charge is 0.494 e. The first kappa shape index (κ1) is 18.2. The molecule has 0 saturated carbocycles. The number of benzene rings is 1. The van der Waals surface area contributed by atoms with Crippen molar-refractivity contribution in [2.45, 2.75) is 59.0 Å². The van der Waals surface area contributed by atoms with Gasteiger partial charge in [0.25, 0.3) is 0 Å². The summed E-state index contributed by atoms with van der Waals surface area (Å²) in [5, 5.41) is 0. The van der Waals surface area contributed by atoms with Crippen LogP contribution in [-0.2, 0) is 4.74 Å². The van der Waals surface area contributed by atoms with E-state index in [9.17, 15) is 0 Å². The molecule has 0 spiro atoms. The lowest BCUT2D eigenvalue weighted by Crippen LogP contribution is -2.28. The lowest BCUT2D eigenvalue weighted by molar-refractivity contribution is 0.230. The number of hydrogen-bond donors (Lipinski definition) is 0. The molecule has 138 valence electrons. The Kier molecular flexibility index (Phi) is 5.67. The van der Waals surface area contributed by atoms with E-state index in [0.29, 0.717) is 6.61 Å². The van der Waals surface area contributed by atoms with Gasteiger partial charge in [-0.25, -0.2) is 4.99 Å². The Labute approximate surface area is 152 Å². The van der Waals surface area contributed by atoms with E-state index in [1.54, 1.807) is 0 Å². The molecule has 2 atom stereocenters. The third-order valence-corrected chi connectivity index (χ3v) is 5.30. The average molecular weight is 344 g/mol. The van der Waals surface area contributed by atoms with E-state index in [4.69, 9.17) is 14.5 Å². The van der Waals surface area contributed by atoms with Gasteiger partial charge >= 0.3 is 0 Å². The molecule has 4 heteroatoms. The number of aliphatic imine (C=N–C) groups is 1. The van der Waals surface area contributed by atoms with Gasteiger partial charge in [-0.1, -0.05) is 20.8 Å². The summed E-state index contributed by atoms with van der Waals surface area (Å²) in [6.07, 6.45) is 3.75. The van der Waals surface area contributed by atoms with Gasteiger partial charge in [0.05, 0.1) is 12.6 Å². The van der Waals surface area contributed by atoms with Crippen molar-refractivity contribution in [3.05, 3.63) is 29.8 Å². The monoisotopic (exact) mass is 344 g/mol. The molecule has 4 nitrogen and oxygen atoms in total. The van der Waals surface area contributed by atoms with Crippen LogP contribution in [0.15, 0.2) is 29.3 Å². The highest BCUT2D eigenvalue weighted by Gasteiger charge is 2.30. The van der Waals surface area contributed by atoms with Crippen LogP contribution in [0.3, 0.4) is 0 Å². The van der Waals surface area contributed by atoms with Crippen molar-refractivity contribution >= 4 is 5.90 Å². The molecule has 1 saturated heterocycles. The molecule has 0 aromatic heterocycles. The maximum atomic E-state index is 5.89. The second-order valence-corrected chi connectivity index (χ2v) is 8.38. The molecule has 2 aliphatic heterocycles. The van der Waals surface area contributed by atoms with Gasteiger partial charge in [-0.2, -0.15) is 0 Å². The standard InChI is InChI=1S/C21H32N2O2/c1-16-7-5-12-23(16)13-6-14-24-18-10-8-17(9-11-18)20-22-19(15-25-20)21(2,3)4/h8-11,16,19H,5-7,12-15H2,1-4H3/t16?,19-/m1/s1. The SMILES string of the molecule is CC1CCCN1CCCOc1ccc(C2=N[C@@H](C(C)(C)C)CO2)cc1. The quantitative estimate of drug-likeness (QED) is 0.728. The Morgan fingerprint density at radius 1 is 1.24 bits per heavy atom. The van der Waals surface area contributed by atoms with Crippen molar-refractivity contribution in [3.8, 4) is 5.75 Å². The summed E-state index contributed by atoms with van der Waals surface area (Å²) < 4.78 is 11.7. The Morgan fingerprint density at radius 3 is 2.60 bits per heavy atom. The van der Waals surface area contributed by atoms with E-state index in [2.05, 4.69) is 32.6 Å². The molecule has 1 aromatic rings. The van der Waals surface area contributed by atoms with Crippen LogP contribution in [0.25, 0.3) is 0 Å². The van der Waals surface area contributed by atoms with E-state index in [1.165, 1.54) is 19.4 Å². The van der Waals surface area contributed by atoms with Crippen molar-refractivity contribution < 1.29 is 9.47 Å². The molecule has 1 fully saturated rings. The van der Waals surface area contributed by atoms with Crippen LogP contribution < -0.4 is 4.74 Å². The van der Waals surface area contributed by atoms with Crippen molar-refractivity contribution in [1.82, 2.24) is 4.90 Å². The van der Waals surface area contributed by atoms with Gasteiger partial charge in [0, 0.05) is 18.2 Å². The molecule has 0 bridgehead atoms. The number of ether oxygens (including phenoxy) is 2. The summed E-state index contributed by atoms with van der Waals surface area (Å²) in [7, 11) is 0. The Morgan fingerprint density at radius 2 is 2.00 bits per heavy atom. The molecule has 2 heterocycles. The van der Waals surface area contributed by atoms with E-state index >= 15 is 0 Å². The van der Waals surface area contributed by atoms with Gasteiger partial charge in [-0.15, -0.1) is 0 Å². The van der Waals surface area contributed by atoms with E-state index in [0.717, 1.165) is 42.8 Å². The summed E-state index contributed by atoms with van der Waals surface area (Å²) in [6, 6.07) is 9.09. The zero-order chi connectivity index (χ0) is 17.9. The Hall–Kier alpha value is -1.55. The van der Waals surface area contributed by atoms with Gasteiger partial charge in [0.15, 0.2) is 0 Å². The van der Waals surface area contributed by atoms with Crippen LogP contribution in [-0.4, -0.2) is 49.2 Å². The van der Waals surface area contributed by atoms with Crippen molar-refractivity contribution in [3.63, 3.8) is 0 Å². The zero-order valence-electron chi connectivity index (χ0n) is 16.1. The Bertz CT molecular complexity index is 589. The predicted octanol–water partition coefficient (Wildman–Crippen LogP) is 4.13. The maximum absolute atomic E-state index is 5.89. The average Bonchev–Trinajstić information content (AvgIpc) is 3.21. The van der Waals surface area contributed by atoms with Gasteiger partial charge in [-0.3, -0.25) is 0 Å². The molecule has 0 radical (unpaired) electrons. The minimum absolute atomic E-state index is 0.137. The summed E-state index contributed by atoms with van der Waals surface area (Å²) in [4.78, 5) is 7.30. The van der Waals surface area contributed by atoms with Crippen molar-refractivity contribution in [1.29, 1.82) is 0 Å². The minimum atomic E-state index is 0.137. The number of nitrogens with zero attached hydrogens (tertiary/aromatic N) is 2. The van der Waals surface area contributed by atoms with Crippen LogP contribution in [0.2, 0.25) is 0 Å². The molecular formula is C21H32N2O2. The van der Waals surface area contributed by atoms with E-state index < -0.39 is 0 Å². The number of likely N-dealkylation sites (tertiary alicyclic amines) is 1. The topological polar surface area (TPSA) is 34.1 Å². The highest BCUT2D eigenvalue weighted by molar-refractivity contribution is 5.95. The Balaban J connectivity index is 1.46. The molecule has 1 aromatic carbocycles. The third-order valence-electron chi connectivity index (χ3n) is 5.30. The van der Waals surface area contributed by atoms with Crippen LogP contribution in [0.1, 0.15) is 52.5 Å². The van der Waals surface area contributed by atoms with Gasteiger partial charge < -0.3 is 14.4 Å². The first-order chi connectivity index (χ1) is 11.9. The van der Waals surface area contributed by atoms with Crippen molar-refractivity contribution in [2.24, 2.45) is 10.4 Å². The summed E-state index contributed by atoms with van der Waals surface area (Å²) in [6.45, 7) is 12.8. The third kappa shape index (κ3) is 4.75. The normalized spacial score (nSPS) is 24.2. The summed E-state index contributed by atoms with van der Waals surface area (Å²) >= 11 is 0. The second-order valence-electron chi connectivity index (χ2n) is 8.38. The van der Waals surface area contributed by atoms with E-state index in [1.807, 2.05) is 24.3 Å². The van der Waals surface area contributed by atoms with Gasteiger partial charge in [0.1, 0.15) is 12.4 Å². The molecule has 0 amide bonds. The number of rotatable bonds is 6. The fourth-order valence-electron chi connectivity index (χ4n) is 3.45. The fraction of sp³-hybridized carbons (Fsp3) is 0.667. The first-order valence-electron chi connectivity index (χ1n) is 9.61. The summed E-state index contributed by atoms with van der Waals surface area (Å²) in [5.74, 6) is 1.68. The van der Waals surface area contributed by atoms with E-state index in [-0.39, 0.29) is 11.5 Å². The van der Waals surface area contributed by atoms with Gasteiger partial charge in [0.2, 0.25) is 5.90 Å². The molecule has 0 aliphatic carbocycles. The van der Waals surface area contributed by atoms with Crippen LogP contribution in [0.4, 0.5) is 0 Å². The summed E-state index contributed by atoms with van der Waals surface area (Å²) in [5.41, 5.74) is 1.17. The smallest absolute Gasteiger partial charge is 0.216 e. The number of hydrogen-bond acceptors (Lipinski definition) is 4. The lowest BCUT2D eigenvalue weighted by atomic mass is 9.88.